The number of carbonyl (C=O) groups is 1. The molecular weight excluding hydrogens is 399 g/mol. The normalized spacial score (nSPS) is 23.1. The summed E-state index contributed by atoms with van der Waals surface area (Å²) in [6.07, 6.45) is 2.43. The third kappa shape index (κ3) is 3.96. The third-order valence-electron chi connectivity index (χ3n) is 6.02. The Bertz CT molecular complexity index is 1100. The number of methoxy groups -OCH3 is 1. The Hall–Kier alpha value is -3.10. The van der Waals surface area contributed by atoms with Crippen LogP contribution in [-0.2, 0) is 16.2 Å². The molecule has 1 unspecified atom stereocenters. The second kappa shape index (κ2) is 8.20. The molecule has 1 aliphatic heterocycles. The molecule has 160 valence electrons. The number of amides is 1. The average molecular weight is 422 g/mol. The van der Waals surface area contributed by atoms with Gasteiger partial charge in [0, 0.05) is 31.0 Å². The van der Waals surface area contributed by atoms with E-state index >= 15 is 0 Å². The lowest BCUT2D eigenvalue weighted by Gasteiger charge is -2.18. The first-order valence-electron chi connectivity index (χ1n) is 10.4. The van der Waals surface area contributed by atoms with Gasteiger partial charge in [0.1, 0.15) is 11.2 Å². The van der Waals surface area contributed by atoms with E-state index in [2.05, 4.69) is 27.4 Å². The van der Waals surface area contributed by atoms with Crippen LogP contribution in [0.3, 0.4) is 0 Å². The molecule has 1 N–H and O–H groups in total. The molecule has 2 aromatic heterocycles. The number of aromatic nitrogens is 2. The number of pyridine rings is 2. The number of hydrogen-bond donors (Lipinski definition) is 1. The predicted octanol–water partition coefficient (Wildman–Crippen LogP) is 3.56. The Kier molecular flexibility index (Phi) is 5.25. The van der Waals surface area contributed by atoms with Crippen LogP contribution >= 0.6 is 0 Å². The van der Waals surface area contributed by atoms with Gasteiger partial charge in [-0.1, -0.05) is 30.3 Å². The van der Waals surface area contributed by atoms with E-state index in [1.165, 1.54) is 12.7 Å². The van der Waals surface area contributed by atoms with Crippen LogP contribution in [0.15, 0.2) is 48.7 Å². The quantitative estimate of drug-likeness (QED) is 0.678. The maximum atomic E-state index is 14.5. The highest BCUT2D eigenvalue weighted by atomic mass is 19.1. The zero-order chi connectivity index (χ0) is 21.4. The second-order valence-electron chi connectivity index (χ2n) is 8.07. The predicted molar refractivity (Wildman–Crippen MR) is 113 cm³/mol. The number of nitrogens with zero attached hydrogens (tertiary/aromatic N) is 3. The fourth-order valence-electron chi connectivity index (χ4n) is 4.49. The van der Waals surface area contributed by atoms with Crippen molar-refractivity contribution in [1.82, 2.24) is 15.0 Å². The highest BCUT2D eigenvalue weighted by Gasteiger charge is 2.44. The summed E-state index contributed by atoms with van der Waals surface area (Å²) < 4.78 is 19.6. The zero-order valence-electron chi connectivity index (χ0n) is 17.1. The van der Waals surface area contributed by atoms with Crippen molar-refractivity contribution in [3.8, 4) is 5.88 Å². The lowest BCUT2D eigenvalue weighted by molar-refractivity contribution is -0.155. The Balaban J connectivity index is 1.26. The fourth-order valence-corrected chi connectivity index (χ4v) is 4.49. The molecule has 3 aromatic rings. The average Bonchev–Trinajstić information content (AvgIpc) is 3.35. The first-order valence-corrected chi connectivity index (χ1v) is 10.4. The summed E-state index contributed by atoms with van der Waals surface area (Å²) in [5.41, 5.74) is 1.99. The minimum absolute atomic E-state index is 0.0108. The number of ether oxygens (including phenoxy) is 1. The van der Waals surface area contributed by atoms with Gasteiger partial charge in [0.2, 0.25) is 11.8 Å². The minimum atomic E-state index is -0.620. The molecule has 1 saturated heterocycles. The molecule has 2 fully saturated rings. The Morgan fingerprint density at radius 2 is 2.10 bits per heavy atom. The number of carbonyl (C=O) groups excluding carboxylic acids is 1. The molecule has 0 spiro atoms. The molecule has 8 heteroatoms. The van der Waals surface area contributed by atoms with Crippen molar-refractivity contribution < 1.29 is 18.8 Å². The summed E-state index contributed by atoms with van der Waals surface area (Å²) in [7, 11) is 1.48. The smallest absolute Gasteiger partial charge is 0.227 e. The second-order valence-corrected chi connectivity index (χ2v) is 8.07. The van der Waals surface area contributed by atoms with E-state index in [1.807, 2.05) is 23.3 Å². The largest absolute Gasteiger partial charge is 0.481 e. The summed E-state index contributed by atoms with van der Waals surface area (Å²) in [6, 6.07) is 13.5. The van der Waals surface area contributed by atoms with E-state index in [9.17, 15) is 9.18 Å². The van der Waals surface area contributed by atoms with E-state index < -0.39 is 5.82 Å². The van der Waals surface area contributed by atoms with Crippen LogP contribution in [0.5, 0.6) is 5.88 Å². The molecule has 0 radical (unpaired) electrons. The number of nitrogens with one attached hydrogen (secondary N) is 1. The molecule has 1 aliphatic carbocycles. The topological polar surface area (TPSA) is 76.6 Å². The van der Waals surface area contributed by atoms with Crippen LogP contribution < -0.4 is 10.1 Å². The van der Waals surface area contributed by atoms with Crippen molar-refractivity contribution in [2.45, 2.75) is 25.5 Å². The van der Waals surface area contributed by atoms with Gasteiger partial charge in [0.15, 0.2) is 5.82 Å². The molecule has 2 aliphatic rings. The van der Waals surface area contributed by atoms with Gasteiger partial charge in [-0.05, 0) is 24.5 Å². The van der Waals surface area contributed by atoms with Gasteiger partial charge < -0.3 is 10.1 Å². The zero-order valence-corrected chi connectivity index (χ0v) is 17.1. The van der Waals surface area contributed by atoms with Crippen LogP contribution in [0.25, 0.3) is 11.0 Å². The number of fused-ring (bicyclic) bond motifs is 2. The third-order valence-corrected chi connectivity index (χ3v) is 6.02. The van der Waals surface area contributed by atoms with E-state index in [1.54, 1.807) is 12.1 Å². The van der Waals surface area contributed by atoms with Crippen LogP contribution in [-0.4, -0.2) is 40.7 Å². The van der Waals surface area contributed by atoms with Gasteiger partial charge >= 0.3 is 0 Å². The molecular formula is C23H23FN4O3. The summed E-state index contributed by atoms with van der Waals surface area (Å²) in [5.74, 6) is -0.453. The lowest BCUT2D eigenvalue weighted by Crippen LogP contribution is -2.25. The maximum absolute atomic E-state index is 14.5. The van der Waals surface area contributed by atoms with Crippen molar-refractivity contribution in [2.24, 2.45) is 11.8 Å². The van der Waals surface area contributed by atoms with Gasteiger partial charge in [-0.3, -0.25) is 14.6 Å². The molecule has 31 heavy (non-hydrogen) atoms. The number of benzene rings is 1. The summed E-state index contributed by atoms with van der Waals surface area (Å²) in [5, 5.41) is 4.72. The van der Waals surface area contributed by atoms with Gasteiger partial charge in [-0.25, -0.2) is 9.37 Å². The number of rotatable bonds is 5. The Morgan fingerprint density at radius 3 is 2.87 bits per heavy atom. The van der Waals surface area contributed by atoms with Crippen molar-refractivity contribution >= 4 is 22.6 Å². The molecule has 7 nitrogen and oxygen atoms in total. The number of anilines is 1. The minimum Gasteiger partial charge on any atom is -0.481 e. The molecule has 1 amide bonds. The van der Waals surface area contributed by atoms with Crippen molar-refractivity contribution in [2.75, 3.05) is 19.0 Å². The van der Waals surface area contributed by atoms with Crippen LogP contribution in [0, 0.1) is 17.7 Å². The number of hydrogen-bond acceptors (Lipinski definition) is 6. The molecule has 3 atom stereocenters. The van der Waals surface area contributed by atoms with E-state index in [4.69, 9.17) is 9.57 Å². The lowest BCUT2D eigenvalue weighted by atomic mass is 10.0. The van der Waals surface area contributed by atoms with Crippen LogP contribution in [0.1, 0.15) is 18.4 Å². The van der Waals surface area contributed by atoms with Crippen molar-refractivity contribution in [1.29, 1.82) is 0 Å². The van der Waals surface area contributed by atoms with E-state index in [0.717, 1.165) is 19.3 Å². The highest BCUT2D eigenvalue weighted by Crippen LogP contribution is 2.40. The first kappa shape index (κ1) is 19.8. The Labute approximate surface area is 179 Å². The standard InChI is InChI=1S/C23H23FN4O3/c1-30-20-8-7-18-22(26-20)21(17(24)11-25-18)27-23(29)15-9-16-13-28(31-19(16)10-15)12-14-5-3-2-4-6-14/h2-8,11,15-16,19H,9-10,12-13H2,1H3,(H,25,27,29)/t15?,16-,19-/m1/s1. The van der Waals surface area contributed by atoms with Crippen LogP contribution in [0.4, 0.5) is 10.1 Å². The van der Waals surface area contributed by atoms with Gasteiger partial charge in [0.05, 0.1) is 24.9 Å². The number of hydroxylamine groups is 2. The fraction of sp³-hybridized carbons (Fsp3) is 0.348. The summed E-state index contributed by atoms with van der Waals surface area (Å²) in [4.78, 5) is 27.3. The maximum Gasteiger partial charge on any atom is 0.227 e. The van der Waals surface area contributed by atoms with E-state index in [-0.39, 0.29) is 35.1 Å². The van der Waals surface area contributed by atoms with Gasteiger partial charge in [-0.2, -0.15) is 5.06 Å². The molecule has 1 aromatic carbocycles. The van der Waals surface area contributed by atoms with Crippen molar-refractivity contribution in [3.05, 3.63) is 60.0 Å². The van der Waals surface area contributed by atoms with Crippen molar-refractivity contribution in [3.63, 3.8) is 0 Å². The summed E-state index contributed by atoms with van der Waals surface area (Å²) >= 11 is 0. The van der Waals surface area contributed by atoms with Gasteiger partial charge in [0.25, 0.3) is 0 Å². The SMILES string of the molecule is COc1ccc2ncc(F)c(NC(=O)C3C[C@@H]4CN(Cc5ccccc5)O[C@@H]4C3)c2n1. The van der Waals surface area contributed by atoms with Crippen LogP contribution in [0.2, 0.25) is 0 Å². The molecule has 0 bridgehead atoms. The summed E-state index contributed by atoms with van der Waals surface area (Å²) in [6.45, 7) is 1.51. The monoisotopic (exact) mass is 422 g/mol. The Morgan fingerprint density at radius 1 is 1.26 bits per heavy atom. The molecule has 1 saturated carbocycles. The highest BCUT2D eigenvalue weighted by molar-refractivity contribution is 6.00. The van der Waals surface area contributed by atoms with Gasteiger partial charge in [-0.15, -0.1) is 0 Å². The van der Waals surface area contributed by atoms with E-state index in [0.29, 0.717) is 24.2 Å². The molecule has 3 heterocycles. The number of halogens is 1. The molecule has 5 rings (SSSR count). The first-order chi connectivity index (χ1) is 15.1.